The molecule has 1 saturated heterocycles. The molecule has 0 saturated carbocycles. The van der Waals surface area contributed by atoms with E-state index in [9.17, 15) is 0 Å². The molecule has 1 fully saturated rings. The van der Waals surface area contributed by atoms with Gasteiger partial charge in [0.2, 0.25) is 0 Å². The summed E-state index contributed by atoms with van der Waals surface area (Å²) in [6.07, 6.45) is 2.45. The van der Waals surface area contributed by atoms with Gasteiger partial charge in [-0.2, -0.15) is 0 Å². The third-order valence-electron chi connectivity index (χ3n) is 2.52. The summed E-state index contributed by atoms with van der Waals surface area (Å²) in [6.45, 7) is 8.75. The van der Waals surface area contributed by atoms with Crippen LogP contribution in [0.1, 0.15) is 26.7 Å². The van der Waals surface area contributed by atoms with Crippen LogP contribution < -0.4 is 0 Å². The number of ether oxygens (including phenoxy) is 1. The van der Waals surface area contributed by atoms with Gasteiger partial charge in [0.05, 0.1) is 0 Å². The molecular formula is C9H19NO. The molecule has 0 aromatic heterocycles. The van der Waals surface area contributed by atoms with Gasteiger partial charge in [0.1, 0.15) is 0 Å². The highest BCUT2D eigenvalue weighted by Crippen LogP contribution is 2.13. The number of nitrogens with zero attached hydrogens (tertiary/aromatic N) is 1. The summed E-state index contributed by atoms with van der Waals surface area (Å²) < 4.78 is 5.31. The Bertz CT molecular complexity index is 95.7. The fourth-order valence-electron chi connectivity index (χ4n) is 1.79. The van der Waals surface area contributed by atoms with Crippen LogP contribution in [0.15, 0.2) is 0 Å². The van der Waals surface area contributed by atoms with Gasteiger partial charge in [-0.25, -0.2) is 0 Å². The lowest BCUT2D eigenvalue weighted by molar-refractivity contribution is 0.0377. The first-order valence-electron chi connectivity index (χ1n) is 4.70. The lowest BCUT2D eigenvalue weighted by atomic mass is 10.1. The molecule has 0 N–H and O–H groups in total. The van der Waals surface area contributed by atoms with E-state index in [0.717, 1.165) is 19.3 Å². The topological polar surface area (TPSA) is 12.5 Å². The van der Waals surface area contributed by atoms with Crippen LogP contribution in [0.3, 0.4) is 0 Å². The van der Waals surface area contributed by atoms with Crippen LogP contribution in [-0.2, 0) is 4.74 Å². The monoisotopic (exact) mass is 157 g/mol. The lowest BCUT2D eigenvalue weighted by Crippen LogP contribution is -2.39. The molecule has 2 nitrogen and oxygen atoms in total. The van der Waals surface area contributed by atoms with Gasteiger partial charge in [0, 0.05) is 19.3 Å². The molecule has 1 aliphatic heterocycles. The van der Waals surface area contributed by atoms with E-state index in [1.807, 2.05) is 0 Å². The third kappa shape index (κ3) is 2.46. The van der Waals surface area contributed by atoms with Crippen LogP contribution in [-0.4, -0.2) is 37.2 Å². The average Bonchev–Trinajstić information content (AvgIpc) is 2.09. The fraction of sp³-hybridized carbons (Fsp3) is 1.00. The Balaban J connectivity index is 2.30. The van der Waals surface area contributed by atoms with Gasteiger partial charge in [-0.15, -0.1) is 0 Å². The van der Waals surface area contributed by atoms with Crippen molar-refractivity contribution in [3.8, 4) is 0 Å². The van der Waals surface area contributed by atoms with Crippen molar-refractivity contribution in [2.24, 2.45) is 0 Å². The summed E-state index contributed by atoms with van der Waals surface area (Å²) in [4.78, 5) is 2.53. The zero-order chi connectivity index (χ0) is 8.10. The van der Waals surface area contributed by atoms with Gasteiger partial charge >= 0.3 is 0 Å². The zero-order valence-corrected chi connectivity index (χ0v) is 7.68. The molecule has 0 atom stereocenters. The molecule has 66 valence electrons. The summed E-state index contributed by atoms with van der Waals surface area (Å²) in [5.74, 6) is 0. The highest BCUT2D eigenvalue weighted by molar-refractivity contribution is 4.72. The average molecular weight is 157 g/mol. The molecule has 2 heteroatoms. The van der Waals surface area contributed by atoms with E-state index >= 15 is 0 Å². The first kappa shape index (κ1) is 9.01. The Morgan fingerprint density at radius 2 is 1.73 bits per heavy atom. The maximum absolute atomic E-state index is 5.31. The first-order chi connectivity index (χ1) is 5.38. The van der Waals surface area contributed by atoms with Crippen LogP contribution in [0, 0.1) is 0 Å². The maximum Gasteiger partial charge on any atom is 0.0480 e. The van der Waals surface area contributed by atoms with Gasteiger partial charge in [-0.1, -0.05) is 13.8 Å². The summed E-state index contributed by atoms with van der Waals surface area (Å²) in [7, 11) is 0. The van der Waals surface area contributed by atoms with Crippen molar-refractivity contribution in [3.05, 3.63) is 0 Å². The molecular weight excluding hydrogens is 138 g/mol. The van der Waals surface area contributed by atoms with E-state index in [1.165, 1.54) is 25.9 Å². The van der Waals surface area contributed by atoms with Crippen molar-refractivity contribution < 1.29 is 4.74 Å². The van der Waals surface area contributed by atoms with E-state index in [-0.39, 0.29) is 0 Å². The normalized spacial score (nSPS) is 21.0. The van der Waals surface area contributed by atoms with Crippen LogP contribution in [0.25, 0.3) is 0 Å². The summed E-state index contributed by atoms with van der Waals surface area (Å²) >= 11 is 0. The predicted molar refractivity (Wildman–Crippen MR) is 46.8 cm³/mol. The minimum absolute atomic E-state index is 0.791. The second-order valence-electron chi connectivity index (χ2n) is 3.06. The predicted octanol–water partition coefficient (Wildman–Crippen LogP) is 1.51. The van der Waals surface area contributed by atoms with Crippen molar-refractivity contribution >= 4 is 0 Å². The zero-order valence-electron chi connectivity index (χ0n) is 7.68. The van der Waals surface area contributed by atoms with Crippen LogP contribution >= 0.6 is 0 Å². The largest absolute Gasteiger partial charge is 0.381 e. The molecule has 0 aromatic rings. The number of rotatable bonds is 3. The molecule has 0 bridgehead atoms. The van der Waals surface area contributed by atoms with Gasteiger partial charge < -0.3 is 9.64 Å². The molecule has 1 rings (SSSR count). The molecule has 0 radical (unpaired) electrons. The molecule has 1 heterocycles. The number of hydrogen-bond acceptors (Lipinski definition) is 2. The second kappa shape index (κ2) is 4.73. The van der Waals surface area contributed by atoms with Gasteiger partial charge in [-0.3, -0.25) is 0 Å². The highest BCUT2D eigenvalue weighted by Gasteiger charge is 2.18. The summed E-state index contributed by atoms with van der Waals surface area (Å²) in [5, 5.41) is 0. The van der Waals surface area contributed by atoms with E-state index in [0.29, 0.717) is 0 Å². The Morgan fingerprint density at radius 1 is 1.18 bits per heavy atom. The number of hydrogen-bond donors (Lipinski definition) is 0. The van der Waals surface area contributed by atoms with Crippen LogP contribution in [0.2, 0.25) is 0 Å². The molecule has 1 aliphatic rings. The smallest absolute Gasteiger partial charge is 0.0480 e. The van der Waals surface area contributed by atoms with Gasteiger partial charge in [0.25, 0.3) is 0 Å². The van der Waals surface area contributed by atoms with Crippen molar-refractivity contribution in [2.45, 2.75) is 32.7 Å². The Hall–Kier alpha value is -0.0800. The molecule has 0 aliphatic carbocycles. The Kier molecular flexibility index (Phi) is 3.87. The van der Waals surface area contributed by atoms with E-state index in [4.69, 9.17) is 4.74 Å². The highest BCUT2D eigenvalue weighted by atomic mass is 16.5. The fourth-order valence-corrected chi connectivity index (χ4v) is 1.79. The summed E-state index contributed by atoms with van der Waals surface area (Å²) in [5.41, 5.74) is 0. The Morgan fingerprint density at radius 3 is 2.18 bits per heavy atom. The molecule has 0 unspecified atom stereocenters. The lowest BCUT2D eigenvalue weighted by Gasteiger charge is -2.32. The minimum Gasteiger partial charge on any atom is -0.381 e. The van der Waals surface area contributed by atoms with Crippen molar-refractivity contribution in [1.29, 1.82) is 0 Å². The standard InChI is InChI=1S/C9H19NO/c1-3-10(4-2)9-5-7-11-8-6-9/h9H,3-8H2,1-2H3. The molecule has 0 aromatic carbocycles. The van der Waals surface area contributed by atoms with Crippen molar-refractivity contribution in [2.75, 3.05) is 26.3 Å². The Labute approximate surface area is 69.5 Å². The first-order valence-corrected chi connectivity index (χ1v) is 4.70. The maximum atomic E-state index is 5.31. The van der Waals surface area contributed by atoms with Gasteiger partial charge in [0.15, 0.2) is 0 Å². The molecule has 0 spiro atoms. The van der Waals surface area contributed by atoms with Crippen molar-refractivity contribution in [1.82, 2.24) is 4.90 Å². The van der Waals surface area contributed by atoms with Crippen LogP contribution in [0.5, 0.6) is 0 Å². The third-order valence-corrected chi connectivity index (χ3v) is 2.52. The second-order valence-corrected chi connectivity index (χ2v) is 3.06. The van der Waals surface area contributed by atoms with Crippen LogP contribution in [0.4, 0.5) is 0 Å². The van der Waals surface area contributed by atoms with E-state index < -0.39 is 0 Å². The van der Waals surface area contributed by atoms with Crippen molar-refractivity contribution in [3.63, 3.8) is 0 Å². The van der Waals surface area contributed by atoms with Gasteiger partial charge in [-0.05, 0) is 25.9 Å². The summed E-state index contributed by atoms with van der Waals surface area (Å²) in [6, 6.07) is 0.791. The van der Waals surface area contributed by atoms with E-state index in [2.05, 4.69) is 18.7 Å². The SMILES string of the molecule is CCN(CC)C1CCOCC1. The van der Waals surface area contributed by atoms with E-state index in [1.54, 1.807) is 0 Å². The molecule has 0 amide bonds. The quantitative estimate of drug-likeness (QED) is 0.615. The minimum atomic E-state index is 0.791. The molecule has 11 heavy (non-hydrogen) atoms.